The highest BCUT2D eigenvalue weighted by molar-refractivity contribution is 6.03. The predicted molar refractivity (Wildman–Crippen MR) is 92.7 cm³/mol. The summed E-state index contributed by atoms with van der Waals surface area (Å²) < 4.78 is 5.20. The van der Waals surface area contributed by atoms with Crippen LogP contribution in [-0.2, 0) is 14.3 Å². The van der Waals surface area contributed by atoms with E-state index in [4.69, 9.17) is 9.84 Å². The van der Waals surface area contributed by atoms with Crippen molar-refractivity contribution in [3.05, 3.63) is 24.3 Å². The van der Waals surface area contributed by atoms with Crippen LogP contribution in [0, 0.1) is 0 Å². The first-order chi connectivity index (χ1) is 11.7. The van der Waals surface area contributed by atoms with Crippen molar-refractivity contribution in [1.29, 1.82) is 0 Å². The lowest BCUT2D eigenvalue weighted by atomic mass is 10.2. The molecule has 0 fully saturated rings. The predicted octanol–water partition coefficient (Wildman–Crippen LogP) is 1.81. The summed E-state index contributed by atoms with van der Waals surface area (Å²) in [6.07, 6.45) is -0.893. The van der Waals surface area contributed by atoms with Crippen LogP contribution in [0.15, 0.2) is 24.3 Å². The molecular weight excluding hydrogens is 326 g/mol. The van der Waals surface area contributed by atoms with Gasteiger partial charge in [0.25, 0.3) is 5.91 Å². The molecule has 0 spiro atoms. The van der Waals surface area contributed by atoms with Crippen LogP contribution in [0.5, 0.6) is 0 Å². The number of ether oxygens (including phenoxy) is 1. The Bertz CT molecular complexity index is 668. The van der Waals surface area contributed by atoms with Crippen molar-refractivity contribution >= 4 is 29.3 Å². The van der Waals surface area contributed by atoms with E-state index in [1.165, 1.54) is 4.90 Å². The zero-order valence-electron chi connectivity index (χ0n) is 14.5. The number of fused-ring (bicyclic) bond motifs is 1. The number of nitrogens with zero attached hydrogens (tertiary/aromatic N) is 1. The van der Waals surface area contributed by atoms with Gasteiger partial charge in [0.1, 0.15) is 11.6 Å². The molecule has 1 heterocycles. The molecule has 0 aromatic heterocycles. The standard InChI is InChI=1S/C17H23N3O5/c1-17(2,3)25-16(24)19-12-10-18-11-6-4-5-7-13(11)20(15(12)23)9-8-14(21)22/h4-7,12,18H,8-10H2,1-3H3,(H,19,24)(H,21,22)/t12-/m0/s1. The number of benzene rings is 1. The van der Waals surface area contributed by atoms with Crippen molar-refractivity contribution < 1.29 is 24.2 Å². The molecule has 25 heavy (non-hydrogen) atoms. The van der Waals surface area contributed by atoms with Gasteiger partial charge in [-0.15, -0.1) is 0 Å². The molecule has 3 N–H and O–H groups in total. The molecule has 1 aromatic carbocycles. The van der Waals surface area contributed by atoms with Gasteiger partial charge in [0, 0.05) is 13.1 Å². The van der Waals surface area contributed by atoms with Crippen LogP contribution in [0.1, 0.15) is 27.2 Å². The number of hydrogen-bond acceptors (Lipinski definition) is 5. The lowest BCUT2D eigenvalue weighted by Crippen LogP contribution is -2.52. The monoisotopic (exact) mass is 349 g/mol. The lowest BCUT2D eigenvalue weighted by molar-refractivity contribution is -0.136. The summed E-state index contributed by atoms with van der Waals surface area (Å²) in [4.78, 5) is 37.1. The molecule has 136 valence electrons. The number of alkyl carbamates (subject to hydrolysis) is 1. The van der Waals surface area contributed by atoms with E-state index in [2.05, 4.69) is 10.6 Å². The van der Waals surface area contributed by atoms with E-state index in [-0.39, 0.29) is 25.4 Å². The van der Waals surface area contributed by atoms with Crippen LogP contribution < -0.4 is 15.5 Å². The topological polar surface area (TPSA) is 108 Å². The average molecular weight is 349 g/mol. The normalized spacial score (nSPS) is 17.2. The first kappa shape index (κ1) is 18.6. The first-order valence-electron chi connectivity index (χ1n) is 8.03. The number of para-hydroxylation sites is 2. The molecule has 1 aromatic rings. The molecule has 1 aliphatic heterocycles. The minimum atomic E-state index is -1.00. The number of hydrogen-bond donors (Lipinski definition) is 3. The maximum Gasteiger partial charge on any atom is 0.408 e. The molecule has 0 aliphatic carbocycles. The summed E-state index contributed by atoms with van der Waals surface area (Å²) in [7, 11) is 0. The van der Waals surface area contributed by atoms with E-state index < -0.39 is 23.7 Å². The fourth-order valence-corrected chi connectivity index (χ4v) is 2.47. The second-order valence-electron chi connectivity index (χ2n) is 6.73. The Morgan fingerprint density at radius 2 is 2.04 bits per heavy atom. The Morgan fingerprint density at radius 3 is 2.68 bits per heavy atom. The third-order valence-corrected chi connectivity index (χ3v) is 3.50. The van der Waals surface area contributed by atoms with Crippen LogP contribution >= 0.6 is 0 Å². The van der Waals surface area contributed by atoms with E-state index in [1.807, 2.05) is 6.07 Å². The Balaban J connectivity index is 2.21. The maximum absolute atomic E-state index is 12.8. The Morgan fingerprint density at radius 1 is 1.36 bits per heavy atom. The van der Waals surface area contributed by atoms with Gasteiger partial charge in [-0.25, -0.2) is 4.79 Å². The van der Waals surface area contributed by atoms with Crippen molar-refractivity contribution in [2.45, 2.75) is 38.8 Å². The smallest absolute Gasteiger partial charge is 0.408 e. The molecule has 0 unspecified atom stereocenters. The number of rotatable bonds is 4. The quantitative estimate of drug-likeness (QED) is 0.765. The Kier molecular flexibility index (Phi) is 5.51. The summed E-state index contributed by atoms with van der Waals surface area (Å²) in [5, 5.41) is 14.6. The molecule has 1 aliphatic rings. The fraction of sp³-hybridized carbons (Fsp3) is 0.471. The number of carboxylic acid groups (broad SMARTS) is 1. The van der Waals surface area contributed by atoms with Gasteiger partial charge < -0.3 is 25.4 Å². The summed E-state index contributed by atoms with van der Waals surface area (Å²) in [6, 6.07) is 6.25. The number of carboxylic acids is 1. The Hall–Kier alpha value is -2.77. The third kappa shape index (κ3) is 5.10. The van der Waals surface area contributed by atoms with Gasteiger partial charge in [-0.2, -0.15) is 0 Å². The van der Waals surface area contributed by atoms with Gasteiger partial charge in [0.15, 0.2) is 0 Å². The molecule has 0 saturated carbocycles. The van der Waals surface area contributed by atoms with Crippen LogP contribution in [0.25, 0.3) is 0 Å². The number of anilines is 2. The van der Waals surface area contributed by atoms with Gasteiger partial charge in [-0.3, -0.25) is 9.59 Å². The lowest BCUT2D eigenvalue weighted by Gasteiger charge is -2.26. The van der Waals surface area contributed by atoms with Crippen LogP contribution in [0.3, 0.4) is 0 Å². The van der Waals surface area contributed by atoms with Crippen molar-refractivity contribution in [1.82, 2.24) is 5.32 Å². The Labute approximate surface area is 146 Å². The number of amides is 2. The number of carbonyl (C=O) groups excluding carboxylic acids is 2. The summed E-state index contributed by atoms with van der Waals surface area (Å²) in [5.74, 6) is -1.39. The SMILES string of the molecule is CC(C)(C)OC(=O)N[C@H]1CNc2ccccc2N(CCC(=O)O)C1=O. The zero-order valence-corrected chi connectivity index (χ0v) is 14.5. The van der Waals surface area contributed by atoms with Crippen molar-refractivity contribution in [2.75, 3.05) is 23.3 Å². The molecular formula is C17H23N3O5. The van der Waals surface area contributed by atoms with Crippen molar-refractivity contribution in [3.63, 3.8) is 0 Å². The van der Waals surface area contributed by atoms with E-state index in [9.17, 15) is 14.4 Å². The van der Waals surface area contributed by atoms with Gasteiger partial charge in [-0.1, -0.05) is 12.1 Å². The van der Waals surface area contributed by atoms with Gasteiger partial charge in [-0.05, 0) is 32.9 Å². The van der Waals surface area contributed by atoms with Gasteiger partial charge in [0.05, 0.1) is 17.8 Å². The molecule has 8 heteroatoms. The summed E-state index contributed by atoms with van der Waals surface area (Å²) >= 11 is 0. The highest BCUT2D eigenvalue weighted by atomic mass is 16.6. The van der Waals surface area contributed by atoms with E-state index in [0.29, 0.717) is 11.4 Å². The molecule has 2 amide bonds. The van der Waals surface area contributed by atoms with Crippen LogP contribution in [-0.4, -0.2) is 47.8 Å². The maximum atomic E-state index is 12.8. The minimum Gasteiger partial charge on any atom is -0.481 e. The second kappa shape index (κ2) is 7.42. The molecule has 1 atom stereocenters. The van der Waals surface area contributed by atoms with E-state index in [0.717, 1.165) is 0 Å². The van der Waals surface area contributed by atoms with Crippen LogP contribution in [0.2, 0.25) is 0 Å². The number of aliphatic carboxylic acids is 1. The summed E-state index contributed by atoms with van der Waals surface area (Å²) in [5.41, 5.74) is 0.606. The van der Waals surface area contributed by atoms with Gasteiger partial charge >= 0.3 is 12.1 Å². The number of carbonyl (C=O) groups is 3. The van der Waals surface area contributed by atoms with E-state index in [1.54, 1.807) is 39.0 Å². The zero-order chi connectivity index (χ0) is 18.6. The average Bonchev–Trinajstić information content (AvgIpc) is 2.62. The second-order valence-corrected chi connectivity index (χ2v) is 6.73. The highest BCUT2D eigenvalue weighted by Gasteiger charge is 2.32. The van der Waals surface area contributed by atoms with Gasteiger partial charge in [0.2, 0.25) is 0 Å². The molecule has 2 rings (SSSR count). The van der Waals surface area contributed by atoms with Crippen molar-refractivity contribution in [3.8, 4) is 0 Å². The fourth-order valence-electron chi connectivity index (χ4n) is 2.47. The van der Waals surface area contributed by atoms with E-state index >= 15 is 0 Å². The molecule has 0 radical (unpaired) electrons. The third-order valence-electron chi connectivity index (χ3n) is 3.50. The van der Waals surface area contributed by atoms with Crippen molar-refractivity contribution in [2.24, 2.45) is 0 Å². The summed E-state index contributed by atoms with van der Waals surface area (Å²) in [6.45, 7) is 5.39. The largest absolute Gasteiger partial charge is 0.481 e. The molecule has 0 saturated heterocycles. The first-order valence-corrected chi connectivity index (χ1v) is 8.03. The highest BCUT2D eigenvalue weighted by Crippen LogP contribution is 2.28. The number of nitrogens with one attached hydrogen (secondary N) is 2. The molecule has 0 bridgehead atoms. The van der Waals surface area contributed by atoms with Crippen LogP contribution in [0.4, 0.5) is 16.2 Å². The minimum absolute atomic E-state index is 0.0133. The molecule has 8 nitrogen and oxygen atoms in total.